The highest BCUT2D eigenvalue weighted by atomic mass is 32.2. The fraction of sp³-hybridized carbons (Fsp3) is 0.818. The van der Waals surface area contributed by atoms with Crippen molar-refractivity contribution < 1.29 is 9.84 Å². The maximum atomic E-state index is 9.76. The summed E-state index contributed by atoms with van der Waals surface area (Å²) in [5, 5.41) is 18.6. The van der Waals surface area contributed by atoms with E-state index in [9.17, 15) is 5.11 Å². The van der Waals surface area contributed by atoms with E-state index in [1.807, 2.05) is 25.3 Å². The van der Waals surface area contributed by atoms with Crippen molar-refractivity contribution in [3.63, 3.8) is 0 Å². The maximum Gasteiger partial charge on any atom is 0.191 e. The number of rotatable bonds is 8. The molecule has 1 unspecified atom stereocenters. The second-order valence-electron chi connectivity index (χ2n) is 4.19. The average Bonchev–Trinajstić information content (AvgIpc) is 2.75. The summed E-state index contributed by atoms with van der Waals surface area (Å²) in [6.45, 7) is 7.41. The van der Waals surface area contributed by atoms with Gasteiger partial charge in [0, 0.05) is 12.3 Å². The molecule has 0 radical (unpaired) electrons. The van der Waals surface area contributed by atoms with E-state index in [1.54, 1.807) is 0 Å². The van der Waals surface area contributed by atoms with Gasteiger partial charge in [-0.1, -0.05) is 11.8 Å². The van der Waals surface area contributed by atoms with E-state index in [0.717, 1.165) is 17.5 Å². The minimum atomic E-state index is -0.499. The van der Waals surface area contributed by atoms with Gasteiger partial charge in [-0.05, 0) is 20.8 Å². The van der Waals surface area contributed by atoms with E-state index in [1.165, 1.54) is 11.8 Å². The third kappa shape index (κ3) is 4.56. The van der Waals surface area contributed by atoms with Gasteiger partial charge < -0.3 is 20.1 Å². The van der Waals surface area contributed by atoms with Crippen molar-refractivity contribution in [1.29, 1.82) is 0 Å². The third-order valence-corrected chi connectivity index (χ3v) is 3.43. The Kier molecular flexibility index (Phi) is 6.62. The van der Waals surface area contributed by atoms with Crippen molar-refractivity contribution in [3.8, 4) is 0 Å². The molecule has 0 aliphatic heterocycles. The predicted molar refractivity (Wildman–Crippen MR) is 71.4 cm³/mol. The van der Waals surface area contributed by atoms with Gasteiger partial charge in [0.05, 0.1) is 25.4 Å². The lowest BCUT2D eigenvalue weighted by molar-refractivity contribution is 0.0152. The average molecular weight is 274 g/mol. The van der Waals surface area contributed by atoms with Crippen LogP contribution in [-0.4, -0.2) is 44.4 Å². The zero-order valence-corrected chi connectivity index (χ0v) is 12.0. The number of thioether (sulfide) groups is 1. The van der Waals surface area contributed by atoms with Gasteiger partial charge in [-0.25, -0.2) is 0 Å². The lowest BCUT2D eigenvalue weighted by atomic mass is 10.4. The molecule has 1 atom stereocenters. The van der Waals surface area contributed by atoms with Crippen molar-refractivity contribution in [2.45, 2.75) is 51.2 Å². The van der Waals surface area contributed by atoms with E-state index in [-0.39, 0.29) is 6.10 Å². The molecule has 7 heteroatoms. The monoisotopic (exact) mass is 274 g/mol. The fourth-order valence-corrected chi connectivity index (χ4v) is 2.34. The summed E-state index contributed by atoms with van der Waals surface area (Å²) in [6.07, 6.45) is -0.367. The molecule has 1 aromatic heterocycles. The van der Waals surface area contributed by atoms with Crippen LogP contribution in [0.3, 0.4) is 0 Å². The van der Waals surface area contributed by atoms with Crippen LogP contribution in [0.25, 0.3) is 0 Å². The highest BCUT2D eigenvalue weighted by Gasteiger charge is 2.13. The number of ether oxygens (including phenoxy) is 1. The van der Waals surface area contributed by atoms with E-state index in [2.05, 4.69) is 10.2 Å². The summed E-state index contributed by atoms with van der Waals surface area (Å²) in [5.74, 6) is 1.31. The topological polar surface area (TPSA) is 86.2 Å². The maximum absolute atomic E-state index is 9.76. The van der Waals surface area contributed by atoms with Gasteiger partial charge in [-0.2, -0.15) is 0 Å². The van der Waals surface area contributed by atoms with E-state index >= 15 is 0 Å². The molecule has 0 amide bonds. The number of aliphatic hydroxyl groups is 1. The molecule has 1 heterocycles. The van der Waals surface area contributed by atoms with Gasteiger partial charge in [0.2, 0.25) is 0 Å². The highest BCUT2D eigenvalue weighted by molar-refractivity contribution is 7.99. The standard InChI is InChI=1S/C11H22N4O2S/c1-4-15-10(5-12)13-14-11(15)18-7-9(16)6-17-8(2)3/h8-9,16H,4-7,12H2,1-3H3. The summed E-state index contributed by atoms with van der Waals surface area (Å²) in [6, 6.07) is 0. The largest absolute Gasteiger partial charge is 0.390 e. The molecular formula is C11H22N4O2S. The molecule has 18 heavy (non-hydrogen) atoms. The number of nitrogens with two attached hydrogens (primary N) is 1. The van der Waals surface area contributed by atoms with Crippen molar-refractivity contribution >= 4 is 11.8 Å². The van der Waals surface area contributed by atoms with Crippen molar-refractivity contribution in [3.05, 3.63) is 5.82 Å². The number of hydrogen-bond donors (Lipinski definition) is 2. The molecule has 104 valence electrons. The smallest absolute Gasteiger partial charge is 0.191 e. The van der Waals surface area contributed by atoms with Gasteiger partial charge in [0.1, 0.15) is 5.82 Å². The van der Waals surface area contributed by atoms with Gasteiger partial charge in [0.15, 0.2) is 5.16 Å². The molecule has 0 aliphatic carbocycles. The van der Waals surface area contributed by atoms with Gasteiger partial charge in [-0.15, -0.1) is 10.2 Å². The van der Waals surface area contributed by atoms with Gasteiger partial charge in [0.25, 0.3) is 0 Å². The summed E-state index contributed by atoms with van der Waals surface area (Å²) >= 11 is 1.47. The normalized spacial score (nSPS) is 13.2. The summed E-state index contributed by atoms with van der Waals surface area (Å²) < 4.78 is 7.31. The molecule has 0 saturated carbocycles. The summed E-state index contributed by atoms with van der Waals surface area (Å²) in [7, 11) is 0. The second kappa shape index (κ2) is 7.73. The predicted octanol–water partition coefficient (Wildman–Crippen LogP) is 0.635. The SMILES string of the molecule is CCn1c(CN)nnc1SCC(O)COC(C)C. The van der Waals surface area contributed by atoms with Crippen LogP contribution in [0.4, 0.5) is 0 Å². The van der Waals surface area contributed by atoms with Gasteiger partial charge in [-0.3, -0.25) is 0 Å². The first-order chi connectivity index (χ1) is 8.58. The van der Waals surface area contributed by atoms with Crippen LogP contribution in [0.1, 0.15) is 26.6 Å². The Bertz CT molecular complexity index is 357. The molecule has 6 nitrogen and oxygen atoms in total. The number of aromatic nitrogens is 3. The Morgan fingerprint density at radius 3 is 2.72 bits per heavy atom. The lowest BCUT2D eigenvalue weighted by Gasteiger charge is -2.13. The van der Waals surface area contributed by atoms with Crippen molar-refractivity contribution in [1.82, 2.24) is 14.8 Å². The molecule has 0 spiro atoms. The Hall–Kier alpha value is -0.630. The molecule has 0 bridgehead atoms. The van der Waals surface area contributed by atoms with Crippen LogP contribution in [0.2, 0.25) is 0 Å². The van der Waals surface area contributed by atoms with Crippen LogP contribution in [-0.2, 0) is 17.8 Å². The van der Waals surface area contributed by atoms with E-state index in [4.69, 9.17) is 10.5 Å². The Morgan fingerprint density at radius 2 is 2.17 bits per heavy atom. The molecule has 0 fully saturated rings. The van der Waals surface area contributed by atoms with Crippen LogP contribution >= 0.6 is 11.8 Å². The van der Waals surface area contributed by atoms with Gasteiger partial charge >= 0.3 is 0 Å². The molecule has 3 N–H and O–H groups in total. The first-order valence-corrected chi connectivity index (χ1v) is 7.11. The molecule has 1 aromatic rings. The Balaban J connectivity index is 2.45. The Labute approximate surface area is 112 Å². The minimum Gasteiger partial charge on any atom is -0.390 e. The van der Waals surface area contributed by atoms with Crippen molar-refractivity contribution in [2.24, 2.45) is 5.73 Å². The number of aliphatic hydroxyl groups excluding tert-OH is 1. The van der Waals surface area contributed by atoms with Crippen molar-refractivity contribution in [2.75, 3.05) is 12.4 Å². The first-order valence-electron chi connectivity index (χ1n) is 6.13. The fourth-order valence-electron chi connectivity index (χ4n) is 1.42. The second-order valence-corrected chi connectivity index (χ2v) is 5.18. The molecule has 0 aromatic carbocycles. The quantitative estimate of drug-likeness (QED) is 0.676. The van der Waals surface area contributed by atoms with Crippen LogP contribution < -0.4 is 5.73 Å². The van der Waals surface area contributed by atoms with Crippen LogP contribution in [0.5, 0.6) is 0 Å². The highest BCUT2D eigenvalue weighted by Crippen LogP contribution is 2.18. The lowest BCUT2D eigenvalue weighted by Crippen LogP contribution is -2.21. The number of nitrogens with zero attached hydrogens (tertiary/aromatic N) is 3. The third-order valence-electron chi connectivity index (χ3n) is 2.32. The van der Waals surface area contributed by atoms with Crippen LogP contribution in [0, 0.1) is 0 Å². The minimum absolute atomic E-state index is 0.132. The summed E-state index contributed by atoms with van der Waals surface area (Å²) in [5.41, 5.74) is 5.57. The molecular weight excluding hydrogens is 252 g/mol. The molecule has 0 saturated heterocycles. The Morgan fingerprint density at radius 1 is 1.44 bits per heavy atom. The molecule has 0 aliphatic rings. The van der Waals surface area contributed by atoms with E-state index < -0.39 is 6.10 Å². The number of hydrogen-bond acceptors (Lipinski definition) is 6. The zero-order chi connectivity index (χ0) is 13.5. The van der Waals surface area contributed by atoms with Crippen LogP contribution in [0.15, 0.2) is 5.16 Å². The summed E-state index contributed by atoms with van der Waals surface area (Å²) in [4.78, 5) is 0. The van der Waals surface area contributed by atoms with E-state index in [0.29, 0.717) is 18.9 Å². The zero-order valence-electron chi connectivity index (χ0n) is 11.2. The molecule has 1 rings (SSSR count). The first kappa shape index (κ1) is 15.4.